The van der Waals surface area contributed by atoms with E-state index in [1.165, 1.54) is 11.3 Å². The maximum Gasteiger partial charge on any atom is 0.178 e. The Morgan fingerprint density at radius 2 is 2.00 bits per heavy atom. The second-order valence-corrected chi connectivity index (χ2v) is 5.22. The third-order valence-electron chi connectivity index (χ3n) is 1.77. The minimum absolute atomic E-state index is 0. The second kappa shape index (κ2) is 5.05. The Kier molecular flexibility index (Phi) is 4.98. The smallest absolute Gasteiger partial charge is 0.178 e. The number of thiophene rings is 1. The van der Waals surface area contributed by atoms with Gasteiger partial charge in [-0.1, -0.05) is 20.8 Å². The lowest BCUT2D eigenvalue weighted by molar-refractivity contribution is 0.0863. The second-order valence-electron chi connectivity index (χ2n) is 4.05. The van der Waals surface area contributed by atoms with E-state index in [0.29, 0.717) is 6.54 Å². The van der Waals surface area contributed by atoms with E-state index >= 15 is 0 Å². The van der Waals surface area contributed by atoms with Crippen LogP contribution in [0.15, 0.2) is 12.1 Å². The molecule has 0 fully saturated rings. The first-order valence-corrected chi connectivity index (χ1v) is 5.10. The van der Waals surface area contributed by atoms with Crippen LogP contribution in [0.5, 0.6) is 0 Å². The van der Waals surface area contributed by atoms with Gasteiger partial charge in [-0.05, 0) is 12.1 Å². The van der Waals surface area contributed by atoms with Crippen molar-refractivity contribution in [3.05, 3.63) is 21.9 Å². The number of nitrogens with two attached hydrogens (primary N) is 1. The first kappa shape index (κ1) is 13.8. The fourth-order valence-corrected chi connectivity index (χ4v) is 2.02. The number of carbonyl (C=O) groups is 1. The van der Waals surface area contributed by atoms with Gasteiger partial charge in [-0.2, -0.15) is 0 Å². The Hall–Kier alpha value is -0.190. The number of hydrogen-bond acceptors (Lipinski definition) is 3. The molecule has 2 N–H and O–H groups in total. The zero-order valence-corrected chi connectivity index (χ0v) is 11.2. The van der Waals surface area contributed by atoms with Gasteiger partial charge in [0.2, 0.25) is 0 Å². The van der Waals surface area contributed by atoms with Crippen molar-refractivity contribution in [2.24, 2.45) is 11.1 Å². The van der Waals surface area contributed by atoms with Crippen LogP contribution in [0.25, 0.3) is 0 Å². The van der Waals surface area contributed by atoms with Gasteiger partial charge < -0.3 is 5.73 Å². The zero-order valence-electron chi connectivity index (χ0n) is 8.66. The van der Waals surface area contributed by atoms with E-state index in [2.05, 4.69) is 0 Å². The minimum atomic E-state index is -0.295. The molecule has 1 aromatic heterocycles. The molecule has 80 valence electrons. The van der Waals surface area contributed by atoms with Crippen molar-refractivity contribution in [2.75, 3.05) is 0 Å². The number of halogens is 1. The fourth-order valence-electron chi connectivity index (χ4n) is 0.979. The molecule has 4 heteroatoms. The predicted octanol–water partition coefficient (Wildman–Crippen LogP) is 3.01. The van der Waals surface area contributed by atoms with Gasteiger partial charge in [0.15, 0.2) is 5.78 Å². The van der Waals surface area contributed by atoms with Crippen LogP contribution >= 0.6 is 28.3 Å². The Morgan fingerprint density at radius 1 is 1.43 bits per heavy atom. The van der Waals surface area contributed by atoms with E-state index < -0.39 is 0 Å². The quantitative estimate of drug-likeness (QED) is 0.845. The van der Waals surface area contributed by atoms with Crippen LogP contribution in [0.4, 0.5) is 0 Å². The van der Waals surface area contributed by atoms with E-state index in [1.807, 2.05) is 32.9 Å². The average molecular weight is 278 g/mol. The first-order valence-electron chi connectivity index (χ1n) is 4.28. The van der Waals surface area contributed by atoms with Crippen molar-refractivity contribution in [2.45, 2.75) is 27.3 Å². The van der Waals surface area contributed by atoms with Crippen molar-refractivity contribution in [1.29, 1.82) is 0 Å². The van der Waals surface area contributed by atoms with Crippen LogP contribution in [-0.4, -0.2) is 5.78 Å². The monoisotopic (exact) mass is 277 g/mol. The lowest BCUT2D eigenvalue weighted by atomic mass is 9.90. The molecular formula is C10H16BrNOS. The molecule has 0 bridgehead atoms. The standard InChI is InChI=1S/C10H15NOS.BrH/c1-10(2,3)9(12)8-5-4-7(6-11)13-8;/h4-5H,6,11H2,1-3H3;1H. The summed E-state index contributed by atoms with van der Waals surface area (Å²) in [4.78, 5) is 13.6. The van der Waals surface area contributed by atoms with Crippen LogP contribution in [0, 0.1) is 5.41 Å². The molecule has 1 rings (SSSR count). The Balaban J connectivity index is 0.00000169. The van der Waals surface area contributed by atoms with Gasteiger partial charge in [-0.15, -0.1) is 28.3 Å². The van der Waals surface area contributed by atoms with Crippen molar-refractivity contribution >= 4 is 34.1 Å². The molecule has 0 aliphatic heterocycles. The van der Waals surface area contributed by atoms with E-state index in [9.17, 15) is 4.79 Å². The lowest BCUT2D eigenvalue weighted by Gasteiger charge is -2.14. The molecule has 1 aromatic rings. The van der Waals surface area contributed by atoms with Crippen molar-refractivity contribution in [3.63, 3.8) is 0 Å². The molecule has 0 aromatic carbocycles. The number of Topliss-reactive ketones (excluding diaryl/α,β-unsaturated/α-hetero) is 1. The summed E-state index contributed by atoms with van der Waals surface area (Å²) in [5.74, 6) is 0.192. The zero-order chi connectivity index (χ0) is 10.1. The summed E-state index contributed by atoms with van der Waals surface area (Å²) in [5, 5.41) is 0. The number of carbonyl (C=O) groups excluding carboxylic acids is 1. The van der Waals surface area contributed by atoms with Crippen LogP contribution in [0.3, 0.4) is 0 Å². The molecule has 0 saturated heterocycles. The normalized spacial score (nSPS) is 10.9. The van der Waals surface area contributed by atoms with Gasteiger partial charge in [0.1, 0.15) is 0 Å². The summed E-state index contributed by atoms with van der Waals surface area (Å²) < 4.78 is 0. The maximum absolute atomic E-state index is 11.8. The summed E-state index contributed by atoms with van der Waals surface area (Å²) in [6.45, 7) is 6.30. The van der Waals surface area contributed by atoms with Gasteiger partial charge in [-0.25, -0.2) is 0 Å². The first-order chi connectivity index (χ1) is 5.95. The Morgan fingerprint density at radius 3 is 2.36 bits per heavy atom. The van der Waals surface area contributed by atoms with Gasteiger partial charge >= 0.3 is 0 Å². The molecular weight excluding hydrogens is 262 g/mol. The summed E-state index contributed by atoms with van der Waals surface area (Å²) in [6, 6.07) is 3.78. The predicted molar refractivity (Wildman–Crippen MR) is 66.3 cm³/mol. The number of hydrogen-bond donors (Lipinski definition) is 1. The van der Waals surface area contributed by atoms with Crippen molar-refractivity contribution in [1.82, 2.24) is 0 Å². The summed E-state index contributed by atoms with van der Waals surface area (Å²) in [7, 11) is 0. The Labute approximate surface area is 99.3 Å². The molecule has 1 heterocycles. The molecule has 0 aliphatic rings. The molecule has 0 spiro atoms. The molecule has 0 radical (unpaired) electrons. The van der Waals surface area contributed by atoms with Crippen LogP contribution < -0.4 is 5.73 Å². The third-order valence-corrected chi connectivity index (χ3v) is 2.87. The highest BCUT2D eigenvalue weighted by molar-refractivity contribution is 8.93. The molecule has 0 amide bonds. The molecule has 2 nitrogen and oxygen atoms in total. The highest BCUT2D eigenvalue weighted by Crippen LogP contribution is 2.25. The summed E-state index contributed by atoms with van der Waals surface area (Å²) in [6.07, 6.45) is 0. The molecule has 0 saturated carbocycles. The molecule has 0 atom stereocenters. The van der Waals surface area contributed by atoms with E-state index in [0.717, 1.165) is 9.75 Å². The molecule has 0 unspecified atom stereocenters. The van der Waals surface area contributed by atoms with Crippen LogP contribution in [0.2, 0.25) is 0 Å². The maximum atomic E-state index is 11.8. The van der Waals surface area contributed by atoms with Gasteiger partial charge in [-0.3, -0.25) is 4.79 Å². The molecule has 14 heavy (non-hydrogen) atoms. The lowest BCUT2D eigenvalue weighted by Crippen LogP contribution is -2.18. The number of ketones is 1. The van der Waals surface area contributed by atoms with Crippen molar-refractivity contribution < 1.29 is 4.79 Å². The largest absolute Gasteiger partial charge is 0.326 e. The Bertz CT molecular complexity index is 314. The highest BCUT2D eigenvalue weighted by Gasteiger charge is 2.23. The van der Waals surface area contributed by atoms with E-state index in [4.69, 9.17) is 5.73 Å². The van der Waals surface area contributed by atoms with E-state index in [-0.39, 0.29) is 28.2 Å². The fraction of sp³-hybridized carbons (Fsp3) is 0.500. The summed E-state index contributed by atoms with van der Waals surface area (Å²) in [5.41, 5.74) is 5.18. The topological polar surface area (TPSA) is 43.1 Å². The number of rotatable bonds is 2. The highest BCUT2D eigenvalue weighted by atomic mass is 79.9. The third kappa shape index (κ3) is 3.19. The van der Waals surface area contributed by atoms with Crippen LogP contribution in [-0.2, 0) is 6.54 Å². The minimum Gasteiger partial charge on any atom is -0.326 e. The summed E-state index contributed by atoms with van der Waals surface area (Å²) >= 11 is 1.49. The van der Waals surface area contributed by atoms with E-state index in [1.54, 1.807) is 0 Å². The van der Waals surface area contributed by atoms with Crippen molar-refractivity contribution in [3.8, 4) is 0 Å². The van der Waals surface area contributed by atoms with Crippen LogP contribution in [0.1, 0.15) is 35.3 Å². The van der Waals surface area contributed by atoms with Gasteiger partial charge in [0.05, 0.1) is 4.88 Å². The SMILES string of the molecule is Br.CC(C)(C)C(=O)c1ccc(CN)s1. The average Bonchev–Trinajstić information content (AvgIpc) is 2.48. The van der Waals surface area contributed by atoms with Gasteiger partial charge in [0, 0.05) is 16.8 Å². The molecule has 0 aliphatic carbocycles. The van der Waals surface area contributed by atoms with Gasteiger partial charge in [0.25, 0.3) is 0 Å².